The van der Waals surface area contributed by atoms with Crippen LogP contribution in [0.25, 0.3) is 0 Å². The number of aryl methyl sites for hydroxylation is 1. The number of nitrogens with zero attached hydrogens (tertiary/aromatic N) is 4. The topological polar surface area (TPSA) is 254 Å². The fourth-order valence-electron chi connectivity index (χ4n) is 9.75. The molecule has 21 nitrogen and oxygen atoms in total. The molecule has 0 bridgehead atoms. The van der Waals surface area contributed by atoms with Gasteiger partial charge in [0.25, 0.3) is 11.1 Å². The number of ether oxygens (including phenoxy) is 7. The van der Waals surface area contributed by atoms with Gasteiger partial charge in [0.1, 0.15) is 41.6 Å². The zero-order valence-corrected chi connectivity index (χ0v) is 44.6. The van der Waals surface area contributed by atoms with Crippen molar-refractivity contribution in [2.45, 2.75) is 107 Å². The Morgan fingerprint density at radius 2 is 1.41 bits per heavy atom. The van der Waals surface area contributed by atoms with E-state index in [0.717, 1.165) is 16.2 Å². The van der Waals surface area contributed by atoms with E-state index < -0.39 is 104 Å². The molecule has 398 valence electrons. The van der Waals surface area contributed by atoms with Gasteiger partial charge < -0.3 is 46.8 Å². The number of hydrogen-bond donors (Lipinski definition) is 2. The number of nitrogens with one attached hydrogen (secondary N) is 2. The summed E-state index contributed by atoms with van der Waals surface area (Å²) in [5.41, 5.74) is -2.67. The zero-order valence-electron chi connectivity index (χ0n) is 42.8. The molecule has 0 radical (unpaired) electrons. The summed E-state index contributed by atoms with van der Waals surface area (Å²) in [5.74, 6) is 1.22. The van der Waals surface area contributed by atoms with Crippen molar-refractivity contribution in [2.24, 2.45) is 0 Å². The summed E-state index contributed by atoms with van der Waals surface area (Å²) in [4.78, 5) is 56.0. The van der Waals surface area contributed by atoms with Crippen LogP contribution in [0.4, 0.5) is 0 Å². The molecule has 5 aromatic rings. The van der Waals surface area contributed by atoms with E-state index in [1.165, 1.54) is 31.2 Å². The van der Waals surface area contributed by atoms with Gasteiger partial charge in [-0.15, -0.1) is 0 Å². The van der Waals surface area contributed by atoms with Crippen LogP contribution in [0.5, 0.6) is 11.5 Å². The third kappa shape index (κ3) is 11.4. The molecule has 2 aliphatic rings. The van der Waals surface area contributed by atoms with E-state index in [0.29, 0.717) is 22.6 Å². The summed E-state index contributed by atoms with van der Waals surface area (Å²) in [6, 6.07) is 26.5. The van der Waals surface area contributed by atoms with Crippen LogP contribution < -0.4 is 32.0 Å². The van der Waals surface area contributed by atoms with Crippen LogP contribution in [0.3, 0.4) is 0 Å². The predicted molar refractivity (Wildman–Crippen MR) is 273 cm³/mol. The molecular formula is C51H64N6O15P2. The average Bonchev–Trinajstić information content (AvgIpc) is 3.97. The van der Waals surface area contributed by atoms with Gasteiger partial charge in [0.15, 0.2) is 26.2 Å². The zero-order chi connectivity index (χ0) is 53.5. The van der Waals surface area contributed by atoms with Crippen LogP contribution in [-0.2, 0) is 47.5 Å². The first-order valence-corrected chi connectivity index (χ1v) is 27.5. The highest BCUT2D eigenvalue weighted by molar-refractivity contribution is 7.62. The summed E-state index contributed by atoms with van der Waals surface area (Å²) < 4.78 is 90.5. The van der Waals surface area contributed by atoms with Gasteiger partial charge in [0, 0.05) is 68.9 Å². The van der Waals surface area contributed by atoms with Gasteiger partial charge in [-0.25, -0.2) is 14.3 Å². The molecule has 0 amide bonds. The molecule has 8 atom stereocenters. The van der Waals surface area contributed by atoms with Crippen molar-refractivity contribution in [3.05, 3.63) is 161 Å². The Kier molecular flexibility index (Phi) is 18.0. The first-order valence-electron chi connectivity index (χ1n) is 24.0. The van der Waals surface area contributed by atoms with Crippen molar-refractivity contribution < 1.29 is 51.3 Å². The fraction of sp³-hybridized carbons (Fsp3) is 0.471. The van der Waals surface area contributed by atoms with E-state index in [2.05, 4.69) is 16.0 Å². The van der Waals surface area contributed by atoms with Crippen molar-refractivity contribution in [1.29, 1.82) is 5.26 Å². The van der Waals surface area contributed by atoms with Crippen LogP contribution in [0.2, 0.25) is 0 Å². The number of benzene rings is 3. The van der Waals surface area contributed by atoms with E-state index in [1.807, 2.05) is 107 Å². The Morgan fingerprint density at radius 3 is 1.95 bits per heavy atom. The molecule has 23 heteroatoms. The quantitative estimate of drug-likeness (QED) is 0.0526. The Labute approximate surface area is 428 Å². The summed E-state index contributed by atoms with van der Waals surface area (Å²) in [6.45, 7) is 8.50. The first kappa shape index (κ1) is 56.0. The second kappa shape index (κ2) is 23.8. The number of nitriles is 1. The van der Waals surface area contributed by atoms with Gasteiger partial charge in [-0.2, -0.15) is 5.26 Å². The van der Waals surface area contributed by atoms with Gasteiger partial charge in [0.05, 0.1) is 32.9 Å². The van der Waals surface area contributed by atoms with E-state index in [9.17, 15) is 24.4 Å². The lowest BCUT2D eigenvalue weighted by Gasteiger charge is -2.43. The van der Waals surface area contributed by atoms with Crippen molar-refractivity contribution >= 4 is 14.9 Å². The minimum absolute atomic E-state index is 0.0207. The molecule has 2 N–H and O–H groups in total. The van der Waals surface area contributed by atoms with Crippen LogP contribution in [-0.4, -0.2) is 114 Å². The second-order valence-corrected chi connectivity index (χ2v) is 24.4. The van der Waals surface area contributed by atoms with Gasteiger partial charge in [-0.1, -0.05) is 82.3 Å². The van der Waals surface area contributed by atoms with Crippen molar-refractivity contribution in [1.82, 2.24) is 23.8 Å². The maximum Gasteiger partial charge on any atom is 0.356 e. The minimum Gasteiger partial charge on any atom is -0.497 e. The summed E-state index contributed by atoms with van der Waals surface area (Å²) >= 11 is 0. The molecule has 2 aliphatic heterocycles. The number of hydrogen-bond acceptors (Lipinski definition) is 16. The lowest BCUT2D eigenvalue weighted by Crippen LogP contribution is -2.50. The fourth-order valence-corrected chi connectivity index (χ4v) is 14.4. The molecule has 0 saturated carbocycles. The lowest BCUT2D eigenvalue weighted by molar-refractivity contribution is -0.158. The van der Waals surface area contributed by atoms with Crippen LogP contribution in [0.15, 0.2) is 117 Å². The molecule has 1 unspecified atom stereocenters. The smallest absolute Gasteiger partial charge is 0.356 e. The predicted octanol–water partition coefficient (Wildman–Crippen LogP) is 6.46. The van der Waals surface area contributed by atoms with Crippen LogP contribution in [0, 0.1) is 18.3 Å². The molecule has 3 aromatic carbocycles. The van der Waals surface area contributed by atoms with Gasteiger partial charge >= 0.3 is 19.0 Å². The van der Waals surface area contributed by atoms with Gasteiger partial charge in [-0.05, 0) is 47.9 Å². The average molecular weight is 1060 g/mol. The molecule has 7 rings (SSSR count). The van der Waals surface area contributed by atoms with E-state index in [-0.39, 0.29) is 31.6 Å². The molecular weight excluding hydrogens is 999 g/mol. The van der Waals surface area contributed by atoms with Crippen LogP contribution >= 0.6 is 14.9 Å². The highest BCUT2D eigenvalue weighted by atomic mass is 31.2. The molecule has 2 aromatic heterocycles. The van der Waals surface area contributed by atoms with E-state index in [1.54, 1.807) is 25.8 Å². The minimum atomic E-state index is -4.44. The third-order valence-corrected chi connectivity index (χ3v) is 19.3. The van der Waals surface area contributed by atoms with Crippen molar-refractivity contribution in [3.63, 3.8) is 0 Å². The molecule has 0 aliphatic carbocycles. The highest BCUT2D eigenvalue weighted by Gasteiger charge is 2.56. The Morgan fingerprint density at radius 1 is 0.811 bits per heavy atom. The number of methoxy groups -OCH3 is 3. The standard InChI is InChI=1S/C51H64N6O15P2/c1-32(2)74(63,33(3)4)57(26-13-25-52)44-45(66-8)47(55-27-24-42(58)53-49(55)60)71-48(44)68-31-73(62,67-9)72-40-28-43(56-29-34(5)46(59)54-50(56)61)70-41(40)30-69-51(35-14-11-10-12-15-35,36-16-20-38(64-6)21-17-36)37-18-22-39(65-7)23-19-37/h10-12,14-24,27,29,32-33,40-41,43-45,47-48H,13,26,28,30-31H2,1-9H3,(H,53,58,60)(H,54,59,61)/t40-,41+,43+,44-,45+,47+,48-,73?/m0/s1. The number of aromatic nitrogens is 4. The Balaban J connectivity index is 1.28. The van der Waals surface area contributed by atoms with Crippen molar-refractivity contribution in [3.8, 4) is 17.6 Å². The van der Waals surface area contributed by atoms with E-state index >= 15 is 9.13 Å². The number of rotatable bonds is 23. The SMILES string of the molecule is COc1ccc(C(OC[C@H]2O[C@@H](n3cc(C)c(=O)[nH]c3=O)C[C@@H]2OP(=O)(CO[C@H]2O[C@@H](n3ccc(=O)[nH]c3=O)[C@H](OC)[C@@H]2N(CCC#N)P(=O)(C(C)C)C(C)C)OC)(c2ccccc2)c2ccc(OC)cc2)cc1. The molecule has 74 heavy (non-hydrogen) atoms. The molecule has 4 heterocycles. The maximum absolute atomic E-state index is 15.3. The maximum atomic E-state index is 15.3. The third-order valence-electron chi connectivity index (χ3n) is 13.5. The number of H-pyrrole nitrogens is 2. The van der Waals surface area contributed by atoms with Crippen molar-refractivity contribution in [2.75, 3.05) is 47.9 Å². The Hall–Kier alpha value is -5.75. The van der Waals surface area contributed by atoms with E-state index in [4.69, 9.17) is 42.2 Å². The molecule has 2 fully saturated rings. The Bertz CT molecular complexity index is 3020. The molecule has 2 saturated heterocycles. The van der Waals surface area contributed by atoms with Crippen LogP contribution in [0.1, 0.15) is 75.2 Å². The first-order chi connectivity index (χ1) is 35.4. The lowest BCUT2D eigenvalue weighted by atomic mass is 9.80. The second-order valence-electron chi connectivity index (χ2n) is 18.4. The number of aromatic amines is 2. The monoisotopic (exact) mass is 1060 g/mol. The highest BCUT2D eigenvalue weighted by Crippen LogP contribution is 2.61. The summed E-state index contributed by atoms with van der Waals surface area (Å²) in [5, 5.41) is 9.84. The summed E-state index contributed by atoms with van der Waals surface area (Å²) in [7, 11) is -2.21. The largest absolute Gasteiger partial charge is 0.497 e. The van der Waals surface area contributed by atoms with Gasteiger partial charge in [-0.3, -0.25) is 33.3 Å². The van der Waals surface area contributed by atoms with Gasteiger partial charge in [0.2, 0.25) is 0 Å². The normalized spacial score (nSPS) is 22.0. The summed E-state index contributed by atoms with van der Waals surface area (Å²) in [6.07, 6.45) is -5.52. The molecule has 0 spiro atoms.